The predicted octanol–water partition coefficient (Wildman–Crippen LogP) is 4.97. The van der Waals surface area contributed by atoms with Crippen LogP contribution >= 0.6 is 11.8 Å². The Bertz CT molecular complexity index is 508. The monoisotopic (exact) mass is 404 g/mol. The average molecular weight is 405 g/mol. The number of rotatable bonds is 11. The zero-order valence-corrected chi connectivity index (χ0v) is 19.7. The molecular formula is C21H41ClN2O3. The minimum atomic E-state index is -0.644. The molecule has 1 unspecified atom stereocenters. The Morgan fingerprint density at radius 2 is 1.67 bits per heavy atom. The second-order valence-electron chi connectivity index (χ2n) is 9.68. The third kappa shape index (κ3) is 5.81. The summed E-state index contributed by atoms with van der Waals surface area (Å²) in [6.45, 7) is 17.7. The van der Waals surface area contributed by atoms with Crippen LogP contribution in [0.1, 0.15) is 87.5 Å². The SMILES string of the molecule is CCCCC1(C)C(=O)N(CCC(C)(C)OCCC(C)(C)OC)C(C)(C)N1Cl. The van der Waals surface area contributed by atoms with E-state index in [4.69, 9.17) is 21.3 Å². The van der Waals surface area contributed by atoms with Gasteiger partial charge in [-0.3, -0.25) is 4.79 Å². The van der Waals surface area contributed by atoms with Crippen LogP contribution in [0.5, 0.6) is 0 Å². The number of halogens is 1. The first-order valence-corrected chi connectivity index (χ1v) is 10.5. The fourth-order valence-electron chi connectivity index (χ4n) is 3.56. The first-order chi connectivity index (χ1) is 12.2. The summed E-state index contributed by atoms with van der Waals surface area (Å²) in [4.78, 5) is 15.1. The van der Waals surface area contributed by atoms with E-state index in [2.05, 4.69) is 34.6 Å². The van der Waals surface area contributed by atoms with E-state index < -0.39 is 11.2 Å². The van der Waals surface area contributed by atoms with Crippen LogP contribution in [0.25, 0.3) is 0 Å². The number of ether oxygens (including phenoxy) is 2. The van der Waals surface area contributed by atoms with E-state index in [1.54, 1.807) is 11.5 Å². The Kier molecular flexibility index (Phi) is 8.21. The van der Waals surface area contributed by atoms with Crippen molar-refractivity contribution in [2.24, 2.45) is 0 Å². The zero-order valence-electron chi connectivity index (χ0n) is 18.9. The fraction of sp³-hybridized carbons (Fsp3) is 0.952. The first-order valence-electron chi connectivity index (χ1n) is 10.2. The average Bonchev–Trinajstić information content (AvgIpc) is 2.69. The topological polar surface area (TPSA) is 42.0 Å². The van der Waals surface area contributed by atoms with Gasteiger partial charge in [-0.2, -0.15) is 4.42 Å². The largest absolute Gasteiger partial charge is 0.379 e. The lowest BCUT2D eigenvalue weighted by Gasteiger charge is -2.37. The number of hydrogen-bond donors (Lipinski definition) is 0. The quantitative estimate of drug-likeness (QED) is 0.456. The molecule has 1 heterocycles. The lowest BCUT2D eigenvalue weighted by atomic mass is 9.94. The zero-order chi connectivity index (χ0) is 21.1. The fourth-order valence-corrected chi connectivity index (χ4v) is 3.81. The summed E-state index contributed by atoms with van der Waals surface area (Å²) in [7, 11) is 1.72. The molecule has 1 aliphatic rings. The lowest BCUT2D eigenvalue weighted by Crippen LogP contribution is -2.48. The Hall–Kier alpha value is -0.360. The Balaban J connectivity index is 2.72. The summed E-state index contributed by atoms with van der Waals surface area (Å²) in [5.74, 6) is 0.118. The van der Waals surface area contributed by atoms with Crippen molar-refractivity contribution in [2.75, 3.05) is 20.3 Å². The van der Waals surface area contributed by atoms with Gasteiger partial charge in [0.05, 0.1) is 17.8 Å². The van der Waals surface area contributed by atoms with Crippen LogP contribution in [-0.4, -0.2) is 57.9 Å². The predicted molar refractivity (Wildman–Crippen MR) is 112 cm³/mol. The molecule has 1 amide bonds. The van der Waals surface area contributed by atoms with Gasteiger partial charge in [-0.25, -0.2) is 0 Å². The molecule has 27 heavy (non-hydrogen) atoms. The maximum Gasteiger partial charge on any atom is 0.245 e. The van der Waals surface area contributed by atoms with Gasteiger partial charge >= 0.3 is 0 Å². The summed E-state index contributed by atoms with van der Waals surface area (Å²) in [5, 5.41) is 0. The summed E-state index contributed by atoms with van der Waals surface area (Å²) >= 11 is 6.66. The van der Waals surface area contributed by atoms with E-state index in [0.717, 1.165) is 32.1 Å². The van der Waals surface area contributed by atoms with Gasteiger partial charge in [0, 0.05) is 13.7 Å². The number of carbonyl (C=O) groups excluding carboxylic acids is 1. The van der Waals surface area contributed by atoms with Crippen LogP contribution in [-0.2, 0) is 14.3 Å². The third-order valence-electron chi connectivity index (χ3n) is 5.98. The number of carbonyl (C=O) groups is 1. The Labute approximate surface area is 171 Å². The molecule has 0 saturated carbocycles. The number of nitrogens with zero attached hydrogens (tertiary/aromatic N) is 2. The number of methoxy groups -OCH3 is 1. The highest BCUT2D eigenvalue weighted by Gasteiger charge is 2.58. The van der Waals surface area contributed by atoms with E-state index in [-0.39, 0.29) is 17.1 Å². The molecule has 5 nitrogen and oxygen atoms in total. The molecule has 0 spiro atoms. The lowest BCUT2D eigenvalue weighted by molar-refractivity contribution is -0.135. The van der Waals surface area contributed by atoms with Gasteiger partial charge in [0.15, 0.2) is 0 Å². The molecule has 1 fully saturated rings. The van der Waals surface area contributed by atoms with Crippen LogP contribution in [0.2, 0.25) is 0 Å². The Morgan fingerprint density at radius 3 is 2.19 bits per heavy atom. The smallest absolute Gasteiger partial charge is 0.245 e. The van der Waals surface area contributed by atoms with Crippen LogP contribution < -0.4 is 0 Å². The molecule has 0 N–H and O–H groups in total. The highest BCUT2D eigenvalue weighted by atomic mass is 35.5. The molecule has 0 aromatic heterocycles. The van der Waals surface area contributed by atoms with Crippen molar-refractivity contribution in [1.29, 1.82) is 0 Å². The van der Waals surface area contributed by atoms with Crippen molar-refractivity contribution >= 4 is 17.7 Å². The molecule has 160 valence electrons. The summed E-state index contributed by atoms with van der Waals surface area (Å²) < 4.78 is 13.3. The van der Waals surface area contributed by atoms with Crippen molar-refractivity contribution in [2.45, 2.75) is 110 Å². The molecule has 0 bridgehead atoms. The maximum absolute atomic E-state index is 13.2. The number of unbranched alkanes of at least 4 members (excludes halogenated alkanes) is 1. The van der Waals surface area contributed by atoms with Gasteiger partial charge in [-0.05, 0) is 79.5 Å². The van der Waals surface area contributed by atoms with Crippen molar-refractivity contribution in [3.05, 3.63) is 0 Å². The Morgan fingerprint density at radius 1 is 1.07 bits per heavy atom. The molecule has 0 radical (unpaired) electrons. The van der Waals surface area contributed by atoms with Crippen LogP contribution in [0.15, 0.2) is 0 Å². The van der Waals surface area contributed by atoms with Crippen LogP contribution in [0, 0.1) is 0 Å². The third-order valence-corrected chi connectivity index (χ3v) is 6.77. The second-order valence-corrected chi connectivity index (χ2v) is 10.0. The van der Waals surface area contributed by atoms with E-state index in [0.29, 0.717) is 13.2 Å². The molecule has 1 aliphatic heterocycles. The van der Waals surface area contributed by atoms with Gasteiger partial charge < -0.3 is 14.4 Å². The summed E-state index contributed by atoms with van der Waals surface area (Å²) in [5.41, 5.74) is -1.67. The van der Waals surface area contributed by atoms with Crippen molar-refractivity contribution in [3.8, 4) is 0 Å². The van der Waals surface area contributed by atoms with Gasteiger partial charge in [-0.1, -0.05) is 19.8 Å². The van der Waals surface area contributed by atoms with Gasteiger partial charge in [0.2, 0.25) is 5.91 Å². The second kappa shape index (κ2) is 8.98. The first kappa shape index (κ1) is 24.7. The minimum Gasteiger partial charge on any atom is -0.379 e. The highest BCUT2D eigenvalue weighted by molar-refractivity contribution is 6.17. The van der Waals surface area contributed by atoms with Gasteiger partial charge in [0.25, 0.3) is 0 Å². The molecular weight excluding hydrogens is 364 g/mol. The summed E-state index contributed by atoms with van der Waals surface area (Å²) in [6, 6.07) is 0. The maximum atomic E-state index is 13.2. The normalized spacial score (nSPS) is 24.1. The number of amides is 1. The van der Waals surface area contributed by atoms with Gasteiger partial charge in [-0.15, -0.1) is 0 Å². The summed E-state index contributed by atoms with van der Waals surface area (Å²) in [6.07, 6.45) is 4.39. The molecule has 0 aromatic carbocycles. The molecule has 0 aromatic rings. The molecule has 1 saturated heterocycles. The van der Waals surface area contributed by atoms with Crippen molar-refractivity contribution < 1.29 is 14.3 Å². The van der Waals surface area contributed by atoms with E-state index in [1.807, 2.05) is 25.7 Å². The van der Waals surface area contributed by atoms with Crippen molar-refractivity contribution in [3.63, 3.8) is 0 Å². The molecule has 1 rings (SSSR count). The highest BCUT2D eigenvalue weighted by Crippen LogP contribution is 2.43. The number of hydrogen-bond acceptors (Lipinski definition) is 4. The molecule has 6 heteroatoms. The van der Waals surface area contributed by atoms with Crippen LogP contribution in [0.4, 0.5) is 0 Å². The van der Waals surface area contributed by atoms with E-state index >= 15 is 0 Å². The minimum absolute atomic E-state index is 0.118. The van der Waals surface area contributed by atoms with Gasteiger partial charge in [0.1, 0.15) is 11.2 Å². The van der Waals surface area contributed by atoms with Crippen molar-refractivity contribution in [1.82, 2.24) is 9.32 Å². The van der Waals surface area contributed by atoms with E-state index in [9.17, 15) is 4.79 Å². The van der Waals surface area contributed by atoms with Crippen LogP contribution in [0.3, 0.4) is 0 Å². The van der Waals surface area contributed by atoms with E-state index in [1.165, 1.54) is 0 Å². The molecule has 1 atom stereocenters. The standard InChI is InChI=1S/C21H41ClN2O3/c1-10-11-12-21(8)17(25)23(20(6,7)24(21)22)15-13-19(4,5)27-16-14-18(2,3)26-9/h10-16H2,1-9H3. The molecule has 0 aliphatic carbocycles.